The summed E-state index contributed by atoms with van der Waals surface area (Å²) >= 11 is 0. The summed E-state index contributed by atoms with van der Waals surface area (Å²) in [6.45, 7) is 10.1. The number of hydrogen-bond acceptors (Lipinski definition) is 3. The average molecular weight is 241 g/mol. The highest BCUT2D eigenvalue weighted by molar-refractivity contribution is 5.81. The lowest BCUT2D eigenvalue weighted by molar-refractivity contribution is -0.127. The molecule has 0 aromatic carbocycles. The molecule has 1 unspecified atom stereocenters. The summed E-state index contributed by atoms with van der Waals surface area (Å²) < 4.78 is 0. The van der Waals surface area contributed by atoms with E-state index in [9.17, 15) is 4.79 Å². The number of carbonyl (C=O) groups excluding carboxylic acids is 1. The van der Waals surface area contributed by atoms with Gasteiger partial charge in [-0.1, -0.05) is 26.7 Å². The lowest BCUT2D eigenvalue weighted by atomic mass is 10.1. The fraction of sp³-hybridized carbons (Fsp3) is 0.923. The fourth-order valence-electron chi connectivity index (χ4n) is 2.24. The van der Waals surface area contributed by atoms with Gasteiger partial charge in [-0.05, 0) is 19.9 Å². The third kappa shape index (κ3) is 4.28. The van der Waals surface area contributed by atoms with E-state index in [1.165, 1.54) is 12.8 Å². The van der Waals surface area contributed by atoms with Crippen LogP contribution >= 0.6 is 0 Å². The predicted molar refractivity (Wildman–Crippen MR) is 71.0 cm³/mol. The SMILES string of the molecule is CCCCCNC(=O)C(C)N(CC)C1CNC1. The van der Waals surface area contributed by atoms with E-state index >= 15 is 0 Å². The van der Waals surface area contributed by atoms with Crippen LogP contribution in [-0.4, -0.2) is 49.1 Å². The smallest absolute Gasteiger partial charge is 0.237 e. The first kappa shape index (κ1) is 14.5. The highest BCUT2D eigenvalue weighted by atomic mass is 16.2. The summed E-state index contributed by atoms with van der Waals surface area (Å²) in [5.74, 6) is 0.176. The summed E-state index contributed by atoms with van der Waals surface area (Å²) in [6.07, 6.45) is 3.48. The van der Waals surface area contributed by atoms with Crippen LogP contribution in [0.3, 0.4) is 0 Å². The molecular formula is C13H27N3O. The second kappa shape index (κ2) is 7.67. The molecule has 1 aliphatic rings. The molecule has 0 aromatic rings. The van der Waals surface area contributed by atoms with Gasteiger partial charge in [0, 0.05) is 25.7 Å². The molecule has 17 heavy (non-hydrogen) atoms. The van der Waals surface area contributed by atoms with Crippen LogP contribution in [0.4, 0.5) is 0 Å². The molecule has 1 saturated heterocycles. The molecule has 1 fully saturated rings. The molecular weight excluding hydrogens is 214 g/mol. The minimum Gasteiger partial charge on any atom is -0.355 e. The van der Waals surface area contributed by atoms with Gasteiger partial charge in [0.15, 0.2) is 0 Å². The summed E-state index contributed by atoms with van der Waals surface area (Å²) in [6, 6.07) is 0.533. The summed E-state index contributed by atoms with van der Waals surface area (Å²) in [5.41, 5.74) is 0. The highest BCUT2D eigenvalue weighted by Gasteiger charge is 2.30. The second-order valence-electron chi connectivity index (χ2n) is 4.82. The molecule has 4 heteroatoms. The predicted octanol–water partition coefficient (Wildman–Crippen LogP) is 0.975. The minimum atomic E-state index is -0.00581. The Balaban J connectivity index is 2.28. The largest absolute Gasteiger partial charge is 0.355 e. The zero-order valence-electron chi connectivity index (χ0n) is 11.5. The quantitative estimate of drug-likeness (QED) is 0.623. The van der Waals surface area contributed by atoms with Crippen molar-refractivity contribution in [3.05, 3.63) is 0 Å². The Hall–Kier alpha value is -0.610. The Bertz CT molecular complexity index is 229. The van der Waals surface area contributed by atoms with E-state index in [4.69, 9.17) is 0 Å². The van der Waals surface area contributed by atoms with Gasteiger partial charge in [-0.25, -0.2) is 0 Å². The number of rotatable bonds is 8. The molecule has 1 rings (SSSR count). The maximum Gasteiger partial charge on any atom is 0.237 e. The Morgan fingerprint density at radius 3 is 2.59 bits per heavy atom. The fourth-order valence-corrected chi connectivity index (χ4v) is 2.24. The van der Waals surface area contributed by atoms with Gasteiger partial charge in [-0.15, -0.1) is 0 Å². The van der Waals surface area contributed by atoms with Crippen molar-refractivity contribution in [3.8, 4) is 0 Å². The molecule has 1 aliphatic heterocycles. The van der Waals surface area contributed by atoms with E-state index in [-0.39, 0.29) is 11.9 Å². The molecule has 0 aromatic heterocycles. The molecule has 4 nitrogen and oxygen atoms in total. The number of likely N-dealkylation sites (N-methyl/N-ethyl adjacent to an activating group) is 1. The Kier molecular flexibility index (Phi) is 6.52. The Labute approximate surface area is 105 Å². The molecule has 0 aliphatic carbocycles. The van der Waals surface area contributed by atoms with Crippen molar-refractivity contribution in [1.29, 1.82) is 0 Å². The molecule has 0 spiro atoms. The van der Waals surface area contributed by atoms with Crippen molar-refractivity contribution in [1.82, 2.24) is 15.5 Å². The van der Waals surface area contributed by atoms with Crippen LogP contribution in [-0.2, 0) is 4.79 Å². The topological polar surface area (TPSA) is 44.4 Å². The number of amides is 1. The first-order valence-corrected chi connectivity index (χ1v) is 6.94. The molecule has 0 bridgehead atoms. The second-order valence-corrected chi connectivity index (χ2v) is 4.82. The van der Waals surface area contributed by atoms with Gasteiger partial charge in [0.05, 0.1) is 6.04 Å². The van der Waals surface area contributed by atoms with Crippen LogP contribution < -0.4 is 10.6 Å². The van der Waals surface area contributed by atoms with Crippen molar-refractivity contribution in [3.63, 3.8) is 0 Å². The zero-order valence-corrected chi connectivity index (χ0v) is 11.5. The molecule has 100 valence electrons. The van der Waals surface area contributed by atoms with Crippen LogP contribution in [0.15, 0.2) is 0 Å². The zero-order chi connectivity index (χ0) is 12.7. The maximum absolute atomic E-state index is 12.0. The summed E-state index contributed by atoms with van der Waals surface area (Å²) in [4.78, 5) is 14.3. The number of hydrogen-bond donors (Lipinski definition) is 2. The first-order valence-electron chi connectivity index (χ1n) is 6.94. The van der Waals surface area contributed by atoms with Gasteiger partial charge in [-0.2, -0.15) is 0 Å². The van der Waals surface area contributed by atoms with E-state index in [0.29, 0.717) is 6.04 Å². The number of nitrogens with one attached hydrogen (secondary N) is 2. The van der Waals surface area contributed by atoms with E-state index < -0.39 is 0 Å². The average Bonchev–Trinajstić information content (AvgIpc) is 2.27. The van der Waals surface area contributed by atoms with Crippen LogP contribution in [0.2, 0.25) is 0 Å². The molecule has 2 N–H and O–H groups in total. The summed E-state index contributed by atoms with van der Waals surface area (Å²) in [7, 11) is 0. The van der Waals surface area contributed by atoms with E-state index in [1.54, 1.807) is 0 Å². The van der Waals surface area contributed by atoms with Gasteiger partial charge in [0.1, 0.15) is 0 Å². The number of unbranched alkanes of at least 4 members (excludes halogenated alkanes) is 2. The van der Waals surface area contributed by atoms with Crippen LogP contribution in [0, 0.1) is 0 Å². The summed E-state index contributed by atoms with van der Waals surface area (Å²) in [5, 5.41) is 6.29. The molecule has 1 heterocycles. The van der Waals surface area contributed by atoms with Crippen LogP contribution in [0.1, 0.15) is 40.0 Å². The Morgan fingerprint density at radius 1 is 1.41 bits per heavy atom. The van der Waals surface area contributed by atoms with Gasteiger partial charge < -0.3 is 10.6 Å². The normalized spacial score (nSPS) is 17.9. The number of carbonyl (C=O) groups is 1. The van der Waals surface area contributed by atoms with Gasteiger partial charge in [0.25, 0.3) is 0 Å². The Morgan fingerprint density at radius 2 is 2.12 bits per heavy atom. The number of nitrogens with zero attached hydrogens (tertiary/aromatic N) is 1. The van der Waals surface area contributed by atoms with Crippen molar-refractivity contribution >= 4 is 5.91 Å². The molecule has 0 radical (unpaired) electrons. The van der Waals surface area contributed by atoms with Crippen molar-refractivity contribution in [2.24, 2.45) is 0 Å². The van der Waals surface area contributed by atoms with Crippen LogP contribution in [0.5, 0.6) is 0 Å². The molecule has 1 atom stereocenters. The van der Waals surface area contributed by atoms with Crippen molar-refractivity contribution in [2.45, 2.75) is 52.1 Å². The first-order chi connectivity index (χ1) is 8.20. The third-order valence-electron chi connectivity index (χ3n) is 3.55. The van der Waals surface area contributed by atoms with E-state index in [2.05, 4.69) is 29.4 Å². The maximum atomic E-state index is 12.0. The molecule has 0 saturated carbocycles. The highest BCUT2D eigenvalue weighted by Crippen LogP contribution is 2.09. The monoisotopic (exact) mass is 241 g/mol. The van der Waals surface area contributed by atoms with Gasteiger partial charge in [-0.3, -0.25) is 9.69 Å². The minimum absolute atomic E-state index is 0.00581. The van der Waals surface area contributed by atoms with Gasteiger partial charge >= 0.3 is 0 Å². The van der Waals surface area contributed by atoms with E-state index in [1.807, 2.05) is 6.92 Å². The van der Waals surface area contributed by atoms with Crippen molar-refractivity contribution in [2.75, 3.05) is 26.2 Å². The third-order valence-corrected chi connectivity index (χ3v) is 3.55. The molecule has 1 amide bonds. The lowest BCUT2D eigenvalue weighted by Crippen LogP contribution is -2.61. The van der Waals surface area contributed by atoms with Gasteiger partial charge in [0.2, 0.25) is 5.91 Å². The lowest BCUT2D eigenvalue weighted by Gasteiger charge is -2.40. The van der Waals surface area contributed by atoms with Crippen LogP contribution in [0.25, 0.3) is 0 Å². The van der Waals surface area contributed by atoms with E-state index in [0.717, 1.165) is 32.6 Å². The standard InChI is InChI=1S/C13H27N3O/c1-4-6-7-8-15-13(17)11(3)16(5-2)12-9-14-10-12/h11-12,14H,4-10H2,1-3H3,(H,15,17). The van der Waals surface area contributed by atoms with Crippen molar-refractivity contribution < 1.29 is 4.79 Å².